The molecule has 3 aromatic rings. The van der Waals surface area contributed by atoms with Crippen molar-refractivity contribution in [1.29, 1.82) is 0 Å². The minimum absolute atomic E-state index is 0.190. The van der Waals surface area contributed by atoms with Crippen LogP contribution in [0.2, 0.25) is 5.15 Å². The van der Waals surface area contributed by atoms with Crippen molar-refractivity contribution in [2.24, 2.45) is 5.92 Å². The zero-order valence-corrected chi connectivity index (χ0v) is 17.1. The first-order chi connectivity index (χ1) is 14.2. The van der Waals surface area contributed by atoms with Crippen LogP contribution in [0.3, 0.4) is 0 Å². The number of nitrogens with zero attached hydrogens (tertiary/aromatic N) is 3. The fourth-order valence-corrected chi connectivity index (χ4v) is 4.92. The summed E-state index contributed by atoms with van der Waals surface area (Å²) in [5.74, 6) is -3.17. The number of aromatic nitrogens is 3. The summed E-state index contributed by atoms with van der Waals surface area (Å²) in [7, 11) is 0. The zero-order chi connectivity index (χ0) is 21.2. The molecule has 0 bridgehead atoms. The van der Waals surface area contributed by atoms with Gasteiger partial charge in [-0.3, -0.25) is 0 Å². The Morgan fingerprint density at radius 2 is 1.93 bits per heavy atom. The second-order valence-corrected chi connectivity index (χ2v) is 8.63. The van der Waals surface area contributed by atoms with E-state index in [2.05, 4.69) is 9.97 Å². The Kier molecular flexibility index (Phi) is 4.59. The van der Waals surface area contributed by atoms with E-state index in [-0.39, 0.29) is 18.1 Å². The van der Waals surface area contributed by atoms with Gasteiger partial charge in [-0.15, -0.1) is 0 Å². The van der Waals surface area contributed by atoms with Crippen molar-refractivity contribution in [1.82, 2.24) is 14.5 Å². The molecule has 0 amide bonds. The van der Waals surface area contributed by atoms with Crippen molar-refractivity contribution in [3.8, 4) is 0 Å². The highest BCUT2D eigenvalue weighted by Gasteiger charge is 2.56. The minimum atomic E-state index is -1.05. The number of aliphatic hydroxyl groups is 1. The average Bonchev–Trinajstić information content (AvgIpc) is 3.34. The van der Waals surface area contributed by atoms with E-state index in [1.54, 1.807) is 0 Å². The number of fused-ring (bicyclic) bond motifs is 2. The van der Waals surface area contributed by atoms with Gasteiger partial charge in [-0.1, -0.05) is 17.7 Å². The first-order valence-corrected chi connectivity index (χ1v) is 10.1. The van der Waals surface area contributed by atoms with Crippen molar-refractivity contribution in [3.63, 3.8) is 0 Å². The monoisotopic (exact) mass is 435 g/mol. The van der Waals surface area contributed by atoms with Crippen LogP contribution in [0.25, 0.3) is 11.0 Å². The third-order valence-corrected chi connectivity index (χ3v) is 6.29. The van der Waals surface area contributed by atoms with Gasteiger partial charge in [0.2, 0.25) is 0 Å². The normalized spacial score (nSPS) is 28.7. The van der Waals surface area contributed by atoms with Crippen LogP contribution in [0.5, 0.6) is 0 Å². The predicted octanol–water partition coefficient (Wildman–Crippen LogP) is 4.18. The van der Waals surface area contributed by atoms with E-state index in [0.717, 1.165) is 17.5 Å². The lowest BCUT2D eigenvalue weighted by atomic mass is 9.92. The molecule has 9 heteroatoms. The third kappa shape index (κ3) is 3.10. The molecule has 3 heterocycles. The lowest BCUT2D eigenvalue weighted by Gasteiger charge is -2.26. The van der Waals surface area contributed by atoms with E-state index in [1.165, 1.54) is 12.4 Å². The molecule has 0 radical (unpaired) electrons. The minimum Gasteiger partial charge on any atom is -0.388 e. The SMILES string of the molecule is CC1(C)O[C@@H]2[C@H](O1)[C@@H](C(O)c1ccc(F)c(F)c1)C[C@H]2n1ccc2c(Cl)ncnc21. The molecule has 6 nitrogen and oxygen atoms in total. The molecule has 2 aromatic heterocycles. The molecule has 0 spiro atoms. The number of benzene rings is 1. The highest BCUT2D eigenvalue weighted by atomic mass is 35.5. The van der Waals surface area contributed by atoms with Crippen LogP contribution < -0.4 is 0 Å². The van der Waals surface area contributed by atoms with Crippen LogP contribution in [0.15, 0.2) is 36.8 Å². The van der Waals surface area contributed by atoms with Gasteiger partial charge in [0.05, 0.1) is 23.6 Å². The maximum absolute atomic E-state index is 13.8. The van der Waals surface area contributed by atoms with Crippen molar-refractivity contribution in [2.45, 2.75) is 50.4 Å². The van der Waals surface area contributed by atoms with E-state index < -0.39 is 29.6 Å². The van der Waals surface area contributed by atoms with E-state index in [9.17, 15) is 13.9 Å². The molecule has 5 rings (SSSR count). The quantitative estimate of drug-likeness (QED) is 0.625. The van der Waals surface area contributed by atoms with Crippen molar-refractivity contribution in [2.75, 3.05) is 0 Å². The lowest BCUT2D eigenvalue weighted by Crippen LogP contribution is -2.29. The molecular weight excluding hydrogens is 416 g/mol. The maximum atomic E-state index is 13.8. The van der Waals surface area contributed by atoms with Gasteiger partial charge in [-0.2, -0.15) is 0 Å². The molecule has 2 aliphatic rings. The summed E-state index contributed by atoms with van der Waals surface area (Å²) >= 11 is 6.19. The molecule has 2 fully saturated rings. The lowest BCUT2D eigenvalue weighted by molar-refractivity contribution is -0.165. The standard InChI is InChI=1S/C21H20ClF2N3O3/c1-21(2)29-17-12(16(28)10-3-4-13(23)14(24)7-10)8-15(18(17)30-21)27-6-5-11-19(22)25-9-26-20(11)27/h3-7,9,12,15-18,28H,8H2,1-2H3/t12-,15-,16?,17-,18+/m1/s1. The van der Waals surface area contributed by atoms with Crippen LogP contribution in [-0.4, -0.2) is 37.6 Å². The summed E-state index contributed by atoms with van der Waals surface area (Å²) in [6.07, 6.45) is 1.94. The molecule has 158 valence electrons. The van der Waals surface area contributed by atoms with Crippen molar-refractivity contribution >= 4 is 22.6 Å². The number of aliphatic hydroxyl groups excluding tert-OH is 1. The summed E-state index contributed by atoms with van der Waals surface area (Å²) in [5.41, 5.74) is 0.962. The van der Waals surface area contributed by atoms with Gasteiger partial charge < -0.3 is 19.1 Å². The molecule has 5 atom stereocenters. The second kappa shape index (κ2) is 6.95. The van der Waals surface area contributed by atoms with E-state index in [4.69, 9.17) is 21.1 Å². The Balaban J connectivity index is 1.54. The van der Waals surface area contributed by atoms with Gasteiger partial charge >= 0.3 is 0 Å². The van der Waals surface area contributed by atoms with Gasteiger partial charge in [-0.05, 0) is 44.0 Å². The zero-order valence-electron chi connectivity index (χ0n) is 16.3. The van der Waals surface area contributed by atoms with E-state index >= 15 is 0 Å². The van der Waals surface area contributed by atoms with E-state index in [0.29, 0.717) is 22.8 Å². The first-order valence-electron chi connectivity index (χ1n) is 9.71. The van der Waals surface area contributed by atoms with E-state index in [1.807, 2.05) is 30.7 Å². The largest absolute Gasteiger partial charge is 0.388 e. The molecule has 1 saturated heterocycles. The van der Waals surface area contributed by atoms with Gasteiger partial charge in [0.1, 0.15) is 23.2 Å². The highest BCUT2D eigenvalue weighted by Crippen LogP contribution is 2.51. The Bertz CT molecular complexity index is 1120. The number of hydrogen-bond acceptors (Lipinski definition) is 5. The molecule has 1 aliphatic carbocycles. The Morgan fingerprint density at radius 3 is 2.70 bits per heavy atom. The third-order valence-electron chi connectivity index (χ3n) is 5.99. The molecule has 1 aliphatic heterocycles. The van der Waals surface area contributed by atoms with Crippen LogP contribution in [0.1, 0.15) is 38.0 Å². The topological polar surface area (TPSA) is 69.4 Å². The number of rotatable bonds is 3. The molecule has 30 heavy (non-hydrogen) atoms. The highest BCUT2D eigenvalue weighted by molar-refractivity contribution is 6.33. The fourth-order valence-electron chi connectivity index (χ4n) is 4.72. The Hall–Kier alpha value is -2.13. The van der Waals surface area contributed by atoms with Gasteiger partial charge in [0.15, 0.2) is 17.4 Å². The summed E-state index contributed by atoms with van der Waals surface area (Å²) in [4.78, 5) is 8.38. The molecule has 1 aromatic carbocycles. The van der Waals surface area contributed by atoms with Crippen LogP contribution >= 0.6 is 11.6 Å². The Labute approximate surface area is 176 Å². The molecule has 1 unspecified atom stereocenters. The summed E-state index contributed by atoms with van der Waals surface area (Å²) in [5, 5.41) is 12.1. The first kappa shape index (κ1) is 19.8. The molecular formula is C21H20ClF2N3O3. The average molecular weight is 436 g/mol. The van der Waals surface area contributed by atoms with Gasteiger partial charge in [0.25, 0.3) is 0 Å². The molecule has 1 saturated carbocycles. The van der Waals surface area contributed by atoms with Crippen molar-refractivity contribution < 1.29 is 23.4 Å². The Morgan fingerprint density at radius 1 is 1.17 bits per heavy atom. The number of hydrogen-bond donors (Lipinski definition) is 1. The number of ether oxygens (including phenoxy) is 2. The smallest absolute Gasteiger partial charge is 0.163 e. The van der Waals surface area contributed by atoms with Crippen LogP contribution in [-0.2, 0) is 9.47 Å². The summed E-state index contributed by atoms with van der Waals surface area (Å²) in [6.45, 7) is 3.63. The van der Waals surface area contributed by atoms with Crippen molar-refractivity contribution in [3.05, 3.63) is 59.1 Å². The van der Waals surface area contributed by atoms with Gasteiger partial charge in [-0.25, -0.2) is 18.7 Å². The summed E-state index contributed by atoms with van der Waals surface area (Å²) < 4.78 is 41.4. The predicted molar refractivity (Wildman–Crippen MR) is 105 cm³/mol. The van der Waals surface area contributed by atoms with Crippen LogP contribution in [0.4, 0.5) is 8.78 Å². The summed E-state index contributed by atoms with van der Waals surface area (Å²) in [6, 6.07) is 5.09. The maximum Gasteiger partial charge on any atom is 0.163 e. The fraction of sp³-hybridized carbons (Fsp3) is 0.429. The molecule has 1 N–H and O–H groups in total. The number of halogens is 3. The second-order valence-electron chi connectivity index (χ2n) is 8.27. The van der Waals surface area contributed by atoms with Crippen LogP contribution in [0, 0.1) is 17.6 Å². The van der Waals surface area contributed by atoms with Gasteiger partial charge in [0, 0.05) is 12.1 Å².